The fourth-order valence-corrected chi connectivity index (χ4v) is 4.73. The Morgan fingerprint density at radius 2 is 1.26 bits per heavy atom. The number of hydrogen-bond acceptors (Lipinski definition) is 6. The van der Waals surface area contributed by atoms with E-state index in [0.29, 0.717) is 30.9 Å². The van der Waals surface area contributed by atoms with Crippen LogP contribution in [0.15, 0.2) is 109 Å². The number of nitrogens with two attached hydrogens (primary N) is 2. The summed E-state index contributed by atoms with van der Waals surface area (Å²) in [7, 11) is 0. The monoisotopic (exact) mass is 511 g/mol. The average Bonchev–Trinajstić information content (AvgIpc) is 2.93. The van der Waals surface area contributed by atoms with E-state index in [2.05, 4.69) is 24.0 Å². The molecule has 0 aliphatic rings. The fourth-order valence-electron chi connectivity index (χ4n) is 4.73. The number of ether oxygens (including phenoxy) is 1. The van der Waals surface area contributed by atoms with E-state index >= 15 is 0 Å². The molecule has 0 aliphatic carbocycles. The minimum atomic E-state index is -1.29. The molecule has 0 heterocycles. The Morgan fingerprint density at radius 3 is 1.79 bits per heavy atom. The summed E-state index contributed by atoms with van der Waals surface area (Å²) in [4.78, 5) is 2.19. The summed E-state index contributed by atoms with van der Waals surface area (Å²) in [5, 5.41) is 23.2. The van der Waals surface area contributed by atoms with Crippen LogP contribution in [-0.2, 0) is 12.1 Å². The second-order valence-electron chi connectivity index (χ2n) is 9.85. The highest BCUT2D eigenvalue weighted by atomic mass is 16.5. The van der Waals surface area contributed by atoms with Gasteiger partial charge >= 0.3 is 0 Å². The Balaban J connectivity index is 1.58. The lowest BCUT2D eigenvalue weighted by Crippen LogP contribution is -2.44. The first kappa shape index (κ1) is 27.2. The van der Waals surface area contributed by atoms with Gasteiger partial charge < -0.3 is 26.4 Å². The van der Waals surface area contributed by atoms with Crippen LogP contribution in [-0.4, -0.2) is 40.4 Å². The van der Waals surface area contributed by atoms with Crippen molar-refractivity contribution >= 4 is 11.4 Å². The molecule has 0 aliphatic heterocycles. The minimum absolute atomic E-state index is 0.110. The Kier molecular flexibility index (Phi) is 9.02. The molecule has 6 heteroatoms. The van der Waals surface area contributed by atoms with Gasteiger partial charge in [-0.05, 0) is 66.4 Å². The number of anilines is 2. The summed E-state index contributed by atoms with van der Waals surface area (Å²) >= 11 is 0. The van der Waals surface area contributed by atoms with Gasteiger partial charge in [-0.3, -0.25) is 4.90 Å². The molecule has 0 radical (unpaired) electrons. The van der Waals surface area contributed by atoms with E-state index in [4.69, 9.17) is 16.2 Å². The first-order chi connectivity index (χ1) is 18.3. The maximum Gasteiger partial charge on any atom is 0.119 e. The Hall–Kier alpha value is -3.84. The minimum Gasteiger partial charge on any atom is -0.491 e. The molecule has 0 saturated carbocycles. The summed E-state index contributed by atoms with van der Waals surface area (Å²) in [6.45, 7) is 3.24. The number of nitrogen functional groups attached to an aromatic ring is 2. The Labute approximate surface area is 225 Å². The molecule has 0 aromatic heterocycles. The van der Waals surface area contributed by atoms with Gasteiger partial charge in [0.25, 0.3) is 0 Å². The van der Waals surface area contributed by atoms with Gasteiger partial charge in [0.2, 0.25) is 0 Å². The van der Waals surface area contributed by atoms with Crippen molar-refractivity contribution in [2.75, 3.05) is 24.6 Å². The van der Waals surface area contributed by atoms with Crippen molar-refractivity contribution in [2.24, 2.45) is 0 Å². The van der Waals surface area contributed by atoms with Crippen molar-refractivity contribution in [1.29, 1.82) is 0 Å². The van der Waals surface area contributed by atoms with Crippen LogP contribution in [0.3, 0.4) is 0 Å². The predicted octanol–water partition coefficient (Wildman–Crippen LogP) is 4.81. The zero-order chi connectivity index (χ0) is 27.0. The molecule has 4 aromatic rings. The summed E-state index contributed by atoms with van der Waals surface area (Å²) in [5.41, 5.74) is 14.5. The molecule has 4 aromatic carbocycles. The number of aliphatic hydroxyl groups is 2. The fraction of sp³-hybridized carbons (Fsp3) is 0.250. The lowest BCUT2D eigenvalue weighted by Gasteiger charge is -2.38. The zero-order valence-corrected chi connectivity index (χ0v) is 21.8. The third-order valence-corrected chi connectivity index (χ3v) is 6.85. The zero-order valence-electron chi connectivity index (χ0n) is 21.8. The molecule has 2 atom stereocenters. The lowest BCUT2D eigenvalue weighted by atomic mass is 9.81. The van der Waals surface area contributed by atoms with E-state index in [1.807, 2.05) is 72.8 Å². The second-order valence-corrected chi connectivity index (χ2v) is 9.85. The van der Waals surface area contributed by atoms with E-state index in [0.717, 1.165) is 22.4 Å². The molecule has 0 fully saturated rings. The first-order valence-corrected chi connectivity index (χ1v) is 12.9. The van der Waals surface area contributed by atoms with Crippen molar-refractivity contribution in [2.45, 2.75) is 37.6 Å². The molecule has 198 valence electrons. The highest BCUT2D eigenvalue weighted by Gasteiger charge is 2.35. The van der Waals surface area contributed by atoms with Crippen LogP contribution < -0.4 is 16.2 Å². The summed E-state index contributed by atoms with van der Waals surface area (Å²) in [5.74, 6) is 0.718. The van der Waals surface area contributed by atoms with Crippen molar-refractivity contribution in [3.05, 3.63) is 126 Å². The van der Waals surface area contributed by atoms with Gasteiger partial charge in [-0.2, -0.15) is 0 Å². The Morgan fingerprint density at radius 1 is 0.763 bits per heavy atom. The van der Waals surface area contributed by atoms with Crippen LogP contribution in [0.1, 0.15) is 30.0 Å². The largest absolute Gasteiger partial charge is 0.491 e. The van der Waals surface area contributed by atoms with Crippen LogP contribution in [0, 0.1) is 0 Å². The van der Waals surface area contributed by atoms with E-state index in [9.17, 15) is 10.2 Å². The molecule has 6 N–H and O–H groups in total. The molecular weight excluding hydrogens is 474 g/mol. The van der Waals surface area contributed by atoms with Crippen LogP contribution in [0.25, 0.3) is 0 Å². The predicted molar refractivity (Wildman–Crippen MR) is 154 cm³/mol. The number of para-hydroxylation sites is 1. The van der Waals surface area contributed by atoms with Gasteiger partial charge in [0, 0.05) is 30.5 Å². The molecule has 4 rings (SSSR count). The van der Waals surface area contributed by atoms with Gasteiger partial charge in [0.05, 0.1) is 0 Å². The van der Waals surface area contributed by atoms with Crippen molar-refractivity contribution < 1.29 is 14.9 Å². The summed E-state index contributed by atoms with van der Waals surface area (Å²) in [6.07, 6.45) is -0.331. The number of benzene rings is 4. The average molecular weight is 512 g/mol. The lowest BCUT2D eigenvalue weighted by molar-refractivity contribution is 0.0107. The number of aliphatic hydroxyl groups excluding tert-OH is 1. The topological polar surface area (TPSA) is 105 Å². The van der Waals surface area contributed by atoms with E-state index in [-0.39, 0.29) is 12.6 Å². The SMILES string of the molecule is C[C@@H](CC(O)(c1ccc(N)cc1)c1ccc(N)cc1)N(Cc1ccccc1)C[C@H](O)COc1ccccc1. The highest BCUT2D eigenvalue weighted by molar-refractivity contribution is 5.47. The quantitative estimate of drug-likeness (QED) is 0.204. The standard InChI is InChI=1S/C32H37N3O3/c1-24(20-32(37,26-12-16-28(33)17-13-26)27-14-18-29(34)19-15-27)35(21-25-8-4-2-5-9-25)22-30(36)23-38-31-10-6-3-7-11-31/h2-19,24,30,36-37H,20-23,33-34H2,1H3/t24-,30-/m0/s1. The molecule has 0 saturated heterocycles. The van der Waals surface area contributed by atoms with Crippen LogP contribution in [0.5, 0.6) is 5.75 Å². The maximum absolute atomic E-state index is 12.2. The second kappa shape index (κ2) is 12.6. The third kappa shape index (κ3) is 7.13. The van der Waals surface area contributed by atoms with Crippen molar-refractivity contribution in [3.63, 3.8) is 0 Å². The van der Waals surface area contributed by atoms with Gasteiger partial charge in [-0.15, -0.1) is 0 Å². The molecule has 38 heavy (non-hydrogen) atoms. The van der Waals surface area contributed by atoms with Gasteiger partial charge in [0.15, 0.2) is 0 Å². The summed E-state index contributed by atoms with van der Waals surface area (Å²) in [6, 6.07) is 34.2. The van der Waals surface area contributed by atoms with E-state index in [1.165, 1.54) is 0 Å². The molecular formula is C32H37N3O3. The normalized spacial score (nSPS) is 13.3. The van der Waals surface area contributed by atoms with E-state index < -0.39 is 11.7 Å². The van der Waals surface area contributed by atoms with Gasteiger partial charge in [-0.1, -0.05) is 72.8 Å². The van der Waals surface area contributed by atoms with Crippen LogP contribution >= 0.6 is 0 Å². The molecule has 6 nitrogen and oxygen atoms in total. The third-order valence-electron chi connectivity index (χ3n) is 6.85. The molecule has 0 spiro atoms. The molecule has 0 unspecified atom stereocenters. The van der Waals surface area contributed by atoms with E-state index in [1.54, 1.807) is 24.3 Å². The smallest absolute Gasteiger partial charge is 0.119 e. The van der Waals surface area contributed by atoms with Crippen molar-refractivity contribution in [3.8, 4) is 5.75 Å². The summed E-state index contributed by atoms with van der Waals surface area (Å²) < 4.78 is 5.81. The van der Waals surface area contributed by atoms with Gasteiger partial charge in [-0.25, -0.2) is 0 Å². The van der Waals surface area contributed by atoms with Crippen molar-refractivity contribution in [1.82, 2.24) is 4.90 Å². The Bertz CT molecular complexity index is 1200. The number of hydrogen-bond donors (Lipinski definition) is 4. The first-order valence-electron chi connectivity index (χ1n) is 12.9. The molecule has 0 bridgehead atoms. The van der Waals surface area contributed by atoms with Gasteiger partial charge in [0.1, 0.15) is 24.1 Å². The van der Waals surface area contributed by atoms with Crippen LogP contribution in [0.2, 0.25) is 0 Å². The maximum atomic E-state index is 12.2. The highest BCUT2D eigenvalue weighted by Crippen LogP contribution is 2.36. The van der Waals surface area contributed by atoms with Crippen LogP contribution in [0.4, 0.5) is 11.4 Å². The number of rotatable bonds is 12. The number of nitrogens with zero attached hydrogens (tertiary/aromatic N) is 1. The molecule has 0 amide bonds.